The van der Waals surface area contributed by atoms with Crippen molar-refractivity contribution in [3.63, 3.8) is 0 Å². The minimum absolute atomic E-state index is 0.00603. The van der Waals surface area contributed by atoms with E-state index in [0.29, 0.717) is 20.3 Å². The molecule has 0 aromatic carbocycles. The van der Waals surface area contributed by atoms with Gasteiger partial charge in [-0.1, -0.05) is 4.49 Å². The molecule has 0 N–H and O–H groups in total. The van der Waals surface area contributed by atoms with Crippen molar-refractivity contribution in [2.24, 2.45) is 0 Å². The molecule has 3 aromatic rings. The first kappa shape index (κ1) is 13.7. The molecule has 0 fully saturated rings. The Morgan fingerprint density at radius 1 is 0.952 bits per heavy atom. The fourth-order valence-electron chi connectivity index (χ4n) is 1.60. The van der Waals surface area contributed by atoms with Crippen LogP contribution in [0.25, 0.3) is 20.3 Å². The maximum absolute atomic E-state index is 10.7. The van der Waals surface area contributed by atoms with Crippen molar-refractivity contribution in [2.45, 2.75) is 0 Å². The lowest BCUT2D eigenvalue weighted by molar-refractivity contribution is -0.384. The van der Waals surface area contributed by atoms with Gasteiger partial charge in [0.2, 0.25) is 0 Å². The molecule has 0 saturated heterocycles. The zero-order valence-electron chi connectivity index (χ0n) is 9.96. The van der Waals surface area contributed by atoms with Crippen LogP contribution in [0.3, 0.4) is 0 Å². The standard InChI is InChI=1S/C10H4N4O4S3/c15-13(16)5-1-7(19-3-5)9-10(21-12-11-9)8-2-6(4-20-8)14(17)18/h1-4H. The second kappa shape index (κ2) is 5.27. The van der Waals surface area contributed by atoms with Crippen LogP contribution in [0.1, 0.15) is 0 Å². The van der Waals surface area contributed by atoms with Gasteiger partial charge in [-0.25, -0.2) is 0 Å². The summed E-state index contributed by atoms with van der Waals surface area (Å²) in [5.41, 5.74) is 0.507. The quantitative estimate of drug-likeness (QED) is 0.527. The summed E-state index contributed by atoms with van der Waals surface area (Å²) in [5.74, 6) is 0. The second-order valence-electron chi connectivity index (χ2n) is 3.80. The Hall–Kier alpha value is -2.24. The highest BCUT2D eigenvalue weighted by Gasteiger charge is 2.20. The summed E-state index contributed by atoms with van der Waals surface area (Å²) in [5, 5.41) is 28.3. The van der Waals surface area contributed by atoms with Crippen LogP contribution in [0, 0.1) is 20.2 Å². The smallest absolute Gasteiger partial charge is 0.258 e. The van der Waals surface area contributed by atoms with Crippen molar-refractivity contribution in [1.29, 1.82) is 0 Å². The highest BCUT2D eigenvalue weighted by molar-refractivity contribution is 7.20. The molecule has 0 aliphatic rings. The monoisotopic (exact) mass is 340 g/mol. The normalized spacial score (nSPS) is 10.7. The SMILES string of the molecule is O=[N+]([O-])c1csc(-c2nnsc2-c2cc([N+](=O)[O-])cs2)c1. The molecule has 0 atom stereocenters. The minimum atomic E-state index is -0.477. The third-order valence-electron chi connectivity index (χ3n) is 2.54. The largest absolute Gasteiger partial charge is 0.280 e. The van der Waals surface area contributed by atoms with Gasteiger partial charge in [0.25, 0.3) is 11.4 Å². The molecular formula is C10H4N4O4S3. The van der Waals surface area contributed by atoms with E-state index in [-0.39, 0.29) is 11.4 Å². The topological polar surface area (TPSA) is 112 Å². The molecule has 11 heteroatoms. The molecule has 3 rings (SSSR count). The fourth-order valence-corrected chi connectivity index (χ4v) is 4.15. The van der Waals surface area contributed by atoms with Gasteiger partial charge in [-0.3, -0.25) is 20.2 Å². The summed E-state index contributed by atoms with van der Waals surface area (Å²) in [6.07, 6.45) is 0. The molecule has 106 valence electrons. The van der Waals surface area contributed by atoms with Crippen molar-refractivity contribution < 1.29 is 9.85 Å². The Morgan fingerprint density at radius 3 is 2.10 bits per heavy atom. The average molecular weight is 340 g/mol. The zero-order valence-corrected chi connectivity index (χ0v) is 12.4. The van der Waals surface area contributed by atoms with Crippen LogP contribution in [0.4, 0.5) is 11.4 Å². The lowest BCUT2D eigenvalue weighted by atomic mass is 10.2. The predicted octanol–water partition coefficient (Wildman–Crippen LogP) is 3.81. The number of hydrogen-bond acceptors (Lipinski definition) is 9. The summed E-state index contributed by atoms with van der Waals surface area (Å²) in [7, 11) is 0. The second-order valence-corrected chi connectivity index (χ2v) is 6.38. The van der Waals surface area contributed by atoms with Gasteiger partial charge in [0.05, 0.1) is 35.2 Å². The first-order valence-corrected chi connectivity index (χ1v) is 7.88. The third-order valence-corrected chi connectivity index (χ3v) is 5.29. The molecule has 0 aliphatic heterocycles. The number of aromatic nitrogens is 2. The summed E-state index contributed by atoms with van der Waals surface area (Å²) in [4.78, 5) is 22.5. The molecule has 0 radical (unpaired) electrons. The maximum atomic E-state index is 10.7. The first-order chi connectivity index (χ1) is 10.1. The van der Waals surface area contributed by atoms with Crippen molar-refractivity contribution >= 4 is 45.6 Å². The molecule has 0 amide bonds. The van der Waals surface area contributed by atoms with Crippen LogP contribution in [-0.4, -0.2) is 19.4 Å². The number of nitro groups is 2. The van der Waals surface area contributed by atoms with Crippen molar-refractivity contribution in [3.8, 4) is 20.3 Å². The maximum Gasteiger partial charge on any atom is 0.280 e. The van der Waals surface area contributed by atoms with E-state index in [1.165, 1.54) is 45.6 Å². The zero-order chi connectivity index (χ0) is 15.0. The van der Waals surface area contributed by atoms with Gasteiger partial charge >= 0.3 is 0 Å². The molecule has 0 saturated carbocycles. The fraction of sp³-hybridized carbons (Fsp3) is 0. The van der Waals surface area contributed by atoms with Crippen molar-refractivity contribution in [3.05, 3.63) is 43.1 Å². The van der Waals surface area contributed by atoms with Crippen LogP contribution < -0.4 is 0 Å². The van der Waals surface area contributed by atoms with E-state index < -0.39 is 9.85 Å². The molecule has 0 bridgehead atoms. The van der Waals surface area contributed by atoms with E-state index in [9.17, 15) is 20.2 Å². The lowest BCUT2D eigenvalue weighted by Gasteiger charge is -1.93. The van der Waals surface area contributed by atoms with Gasteiger partial charge in [0, 0.05) is 12.1 Å². The van der Waals surface area contributed by atoms with Crippen LogP contribution in [-0.2, 0) is 0 Å². The van der Waals surface area contributed by atoms with E-state index in [4.69, 9.17) is 0 Å². The molecule has 8 nitrogen and oxygen atoms in total. The Bertz CT molecular complexity index is 770. The van der Waals surface area contributed by atoms with Crippen molar-refractivity contribution in [1.82, 2.24) is 9.59 Å². The number of thiophene rings is 2. The van der Waals surface area contributed by atoms with Gasteiger partial charge in [0.1, 0.15) is 5.69 Å². The summed E-state index contributed by atoms with van der Waals surface area (Å²) in [6, 6.07) is 2.87. The third kappa shape index (κ3) is 2.53. The number of rotatable bonds is 4. The molecule has 21 heavy (non-hydrogen) atoms. The summed E-state index contributed by atoms with van der Waals surface area (Å²) < 4.78 is 3.85. The minimum Gasteiger partial charge on any atom is -0.258 e. The summed E-state index contributed by atoms with van der Waals surface area (Å²) >= 11 is 3.51. The number of hydrogen-bond donors (Lipinski definition) is 0. The predicted molar refractivity (Wildman–Crippen MR) is 79.8 cm³/mol. The molecule has 0 spiro atoms. The lowest BCUT2D eigenvalue weighted by Crippen LogP contribution is -1.83. The highest BCUT2D eigenvalue weighted by Crippen LogP contribution is 2.41. The Morgan fingerprint density at radius 2 is 1.52 bits per heavy atom. The molecule has 3 aromatic heterocycles. The number of nitrogens with zero attached hydrogens (tertiary/aromatic N) is 4. The van der Waals surface area contributed by atoms with E-state index in [1.807, 2.05) is 0 Å². The molecule has 0 unspecified atom stereocenters. The van der Waals surface area contributed by atoms with Gasteiger partial charge < -0.3 is 0 Å². The van der Waals surface area contributed by atoms with Crippen LogP contribution in [0.15, 0.2) is 22.9 Å². The Balaban J connectivity index is 2.03. The van der Waals surface area contributed by atoms with Gasteiger partial charge in [-0.2, -0.15) is 0 Å². The van der Waals surface area contributed by atoms with E-state index in [2.05, 4.69) is 9.59 Å². The van der Waals surface area contributed by atoms with Crippen molar-refractivity contribution in [2.75, 3.05) is 0 Å². The van der Waals surface area contributed by atoms with Gasteiger partial charge in [0.15, 0.2) is 0 Å². The molecule has 3 heterocycles. The van der Waals surface area contributed by atoms with E-state index in [0.717, 1.165) is 11.5 Å². The van der Waals surface area contributed by atoms with Gasteiger partial charge in [-0.05, 0) is 11.5 Å². The van der Waals surface area contributed by atoms with Crippen LogP contribution >= 0.6 is 34.2 Å². The molecule has 0 aliphatic carbocycles. The Labute approximate surface area is 128 Å². The summed E-state index contributed by atoms with van der Waals surface area (Å²) in [6.45, 7) is 0. The van der Waals surface area contributed by atoms with E-state index >= 15 is 0 Å². The van der Waals surface area contributed by atoms with Crippen LogP contribution in [0.2, 0.25) is 0 Å². The first-order valence-electron chi connectivity index (χ1n) is 5.35. The molecular weight excluding hydrogens is 336 g/mol. The van der Waals surface area contributed by atoms with Gasteiger partial charge in [-0.15, -0.1) is 27.8 Å². The van der Waals surface area contributed by atoms with E-state index in [1.54, 1.807) is 0 Å². The van der Waals surface area contributed by atoms with Crippen LogP contribution in [0.5, 0.6) is 0 Å². The average Bonchev–Trinajstić information content (AvgIpc) is 3.17. The Kier molecular flexibility index (Phi) is 3.45. The highest BCUT2D eigenvalue weighted by atomic mass is 32.1.